The van der Waals surface area contributed by atoms with Crippen molar-refractivity contribution in [2.45, 2.75) is 32.9 Å². The monoisotopic (exact) mass is 223 g/mol. The van der Waals surface area contributed by atoms with Gasteiger partial charge in [0.25, 0.3) is 0 Å². The largest absolute Gasteiger partial charge is 0.391 e. The molecule has 0 bridgehead atoms. The van der Waals surface area contributed by atoms with Crippen LogP contribution >= 0.6 is 0 Å². The molecule has 1 saturated heterocycles. The number of hydrogen-bond acceptors (Lipinski definition) is 2. The van der Waals surface area contributed by atoms with Crippen LogP contribution in [0.3, 0.4) is 0 Å². The number of hydrogen-bond donors (Lipinski definition) is 1. The van der Waals surface area contributed by atoms with E-state index in [0.717, 1.165) is 18.7 Å². The van der Waals surface area contributed by atoms with Crippen molar-refractivity contribution in [3.8, 4) is 0 Å². The average Bonchev–Trinajstić information content (AvgIpc) is 2.57. The Kier molecular flexibility index (Phi) is 3.15. The molecule has 16 heavy (non-hydrogen) atoms. The van der Waals surface area contributed by atoms with E-state index in [4.69, 9.17) is 0 Å². The van der Waals surface area contributed by atoms with Crippen molar-refractivity contribution in [1.29, 1.82) is 0 Å². The Morgan fingerprint density at radius 3 is 2.75 bits per heavy atom. The van der Waals surface area contributed by atoms with Crippen molar-refractivity contribution in [3.63, 3.8) is 0 Å². The molecule has 1 aromatic carbocycles. The Labute approximate surface area is 95.7 Å². The number of halogens is 1. The summed E-state index contributed by atoms with van der Waals surface area (Å²) in [4.78, 5) is 2.19. The van der Waals surface area contributed by atoms with E-state index in [-0.39, 0.29) is 12.4 Å². The molecular formula is C13H18FNO. The van der Waals surface area contributed by atoms with Crippen molar-refractivity contribution >= 4 is 5.69 Å². The number of aliphatic hydroxyl groups is 1. The molecule has 1 aliphatic heterocycles. The second-order valence-corrected chi connectivity index (χ2v) is 4.74. The van der Waals surface area contributed by atoms with Crippen LogP contribution in [0.2, 0.25) is 0 Å². The first kappa shape index (κ1) is 11.4. The van der Waals surface area contributed by atoms with Crippen LogP contribution < -0.4 is 4.90 Å². The summed E-state index contributed by atoms with van der Waals surface area (Å²) in [7, 11) is 0. The molecule has 0 spiro atoms. The zero-order valence-electron chi connectivity index (χ0n) is 9.78. The maximum Gasteiger partial charge on any atom is 0.130 e. The zero-order chi connectivity index (χ0) is 11.7. The third-order valence-corrected chi connectivity index (χ3v) is 3.35. The lowest BCUT2D eigenvalue weighted by Crippen LogP contribution is -2.28. The molecule has 0 aliphatic carbocycles. The predicted octanol–water partition coefficient (Wildman–Crippen LogP) is 2.55. The fraction of sp³-hybridized carbons (Fsp3) is 0.538. The first-order valence-corrected chi connectivity index (χ1v) is 5.78. The second kappa shape index (κ2) is 4.42. The number of rotatable bonds is 2. The minimum atomic E-state index is -0.313. The van der Waals surface area contributed by atoms with Gasteiger partial charge in [-0.25, -0.2) is 4.39 Å². The highest BCUT2D eigenvalue weighted by molar-refractivity contribution is 5.55. The highest BCUT2D eigenvalue weighted by Crippen LogP contribution is 2.32. The van der Waals surface area contributed by atoms with Gasteiger partial charge >= 0.3 is 0 Å². The van der Waals surface area contributed by atoms with Gasteiger partial charge < -0.3 is 10.0 Å². The summed E-state index contributed by atoms with van der Waals surface area (Å²) in [6.45, 7) is 5.06. The number of nitrogens with zero attached hydrogens (tertiary/aromatic N) is 1. The lowest BCUT2D eigenvalue weighted by atomic mass is 10.1. The van der Waals surface area contributed by atoms with Gasteiger partial charge in [0, 0.05) is 23.8 Å². The molecule has 3 heteroatoms. The molecule has 1 N–H and O–H groups in total. The van der Waals surface area contributed by atoms with Gasteiger partial charge in [-0.2, -0.15) is 0 Å². The van der Waals surface area contributed by atoms with E-state index < -0.39 is 0 Å². The van der Waals surface area contributed by atoms with Crippen molar-refractivity contribution in [1.82, 2.24) is 0 Å². The van der Waals surface area contributed by atoms with E-state index in [1.807, 2.05) is 6.07 Å². The summed E-state index contributed by atoms with van der Waals surface area (Å²) >= 11 is 0. The lowest BCUT2D eigenvalue weighted by Gasteiger charge is -2.26. The summed E-state index contributed by atoms with van der Waals surface area (Å²) in [6.07, 6.45) is 1.13. The minimum Gasteiger partial charge on any atom is -0.391 e. The molecule has 0 amide bonds. The van der Waals surface area contributed by atoms with Crippen molar-refractivity contribution < 1.29 is 9.50 Å². The van der Waals surface area contributed by atoms with E-state index in [1.54, 1.807) is 6.07 Å². The fourth-order valence-electron chi connectivity index (χ4n) is 2.61. The molecule has 2 nitrogen and oxygen atoms in total. The standard InChI is InChI=1S/C13H18FNO/c1-9-6-10(2)15(7-9)13-5-3-4-12(14)11(13)8-16/h3-5,9-10,16H,6-8H2,1-2H3. The average molecular weight is 223 g/mol. The summed E-state index contributed by atoms with van der Waals surface area (Å²) in [5.41, 5.74) is 1.27. The van der Waals surface area contributed by atoms with Crippen molar-refractivity contribution in [2.75, 3.05) is 11.4 Å². The molecule has 0 radical (unpaired) electrons. The van der Waals surface area contributed by atoms with Crippen LogP contribution in [0.15, 0.2) is 18.2 Å². The topological polar surface area (TPSA) is 23.5 Å². The fourth-order valence-corrected chi connectivity index (χ4v) is 2.61. The van der Waals surface area contributed by atoms with E-state index in [0.29, 0.717) is 17.5 Å². The van der Waals surface area contributed by atoms with Crippen LogP contribution in [0.4, 0.5) is 10.1 Å². The van der Waals surface area contributed by atoms with Gasteiger partial charge in [-0.3, -0.25) is 0 Å². The van der Waals surface area contributed by atoms with E-state index in [9.17, 15) is 9.50 Å². The molecule has 2 rings (SSSR count). The lowest BCUT2D eigenvalue weighted by molar-refractivity contribution is 0.276. The molecule has 0 saturated carbocycles. The Hall–Kier alpha value is -1.09. The Morgan fingerprint density at radius 1 is 1.44 bits per heavy atom. The highest BCUT2D eigenvalue weighted by atomic mass is 19.1. The van der Waals surface area contributed by atoms with E-state index in [2.05, 4.69) is 18.7 Å². The summed E-state index contributed by atoms with van der Waals surface area (Å²) in [5, 5.41) is 9.25. The maximum atomic E-state index is 13.5. The summed E-state index contributed by atoms with van der Waals surface area (Å²) in [6, 6.07) is 5.42. The summed E-state index contributed by atoms with van der Waals surface area (Å²) in [5.74, 6) is 0.316. The van der Waals surface area contributed by atoms with Gasteiger partial charge in [0.15, 0.2) is 0 Å². The quantitative estimate of drug-likeness (QED) is 0.833. The first-order valence-electron chi connectivity index (χ1n) is 5.78. The van der Waals surface area contributed by atoms with Gasteiger partial charge in [0.2, 0.25) is 0 Å². The van der Waals surface area contributed by atoms with Gasteiger partial charge in [-0.1, -0.05) is 13.0 Å². The highest BCUT2D eigenvalue weighted by Gasteiger charge is 2.28. The number of benzene rings is 1. The van der Waals surface area contributed by atoms with Crippen molar-refractivity contribution in [2.24, 2.45) is 5.92 Å². The smallest absolute Gasteiger partial charge is 0.130 e. The number of anilines is 1. The molecule has 2 unspecified atom stereocenters. The third-order valence-electron chi connectivity index (χ3n) is 3.35. The molecule has 0 aromatic heterocycles. The molecule has 1 heterocycles. The van der Waals surface area contributed by atoms with Crippen LogP contribution in [0, 0.1) is 11.7 Å². The molecule has 1 aliphatic rings. The first-order chi connectivity index (χ1) is 7.63. The summed E-state index contributed by atoms with van der Waals surface area (Å²) < 4.78 is 13.5. The second-order valence-electron chi connectivity index (χ2n) is 4.74. The maximum absolute atomic E-state index is 13.5. The molecular weight excluding hydrogens is 205 g/mol. The Morgan fingerprint density at radius 2 is 2.19 bits per heavy atom. The van der Waals surface area contributed by atoms with Crippen LogP contribution in [0.25, 0.3) is 0 Å². The van der Waals surface area contributed by atoms with Crippen LogP contribution in [0.1, 0.15) is 25.8 Å². The zero-order valence-corrected chi connectivity index (χ0v) is 9.78. The minimum absolute atomic E-state index is 0.237. The SMILES string of the molecule is CC1CC(C)N(c2cccc(F)c2CO)C1. The van der Waals surface area contributed by atoms with Crippen LogP contribution in [-0.4, -0.2) is 17.7 Å². The van der Waals surface area contributed by atoms with Crippen LogP contribution in [-0.2, 0) is 6.61 Å². The number of aliphatic hydroxyl groups excluding tert-OH is 1. The van der Waals surface area contributed by atoms with Crippen LogP contribution in [0.5, 0.6) is 0 Å². The van der Waals surface area contributed by atoms with Crippen molar-refractivity contribution in [3.05, 3.63) is 29.6 Å². The van der Waals surface area contributed by atoms with Gasteiger partial charge in [-0.15, -0.1) is 0 Å². The van der Waals surface area contributed by atoms with Gasteiger partial charge in [-0.05, 0) is 31.4 Å². The Balaban J connectivity index is 2.36. The molecule has 88 valence electrons. The molecule has 1 fully saturated rings. The van der Waals surface area contributed by atoms with E-state index in [1.165, 1.54) is 6.07 Å². The predicted molar refractivity (Wildman–Crippen MR) is 62.9 cm³/mol. The molecule has 1 aromatic rings. The third kappa shape index (κ3) is 1.92. The van der Waals surface area contributed by atoms with Gasteiger partial charge in [0.1, 0.15) is 5.82 Å². The normalized spacial score (nSPS) is 25.1. The van der Waals surface area contributed by atoms with E-state index >= 15 is 0 Å². The molecule has 2 atom stereocenters. The Bertz CT molecular complexity index is 380. The van der Waals surface area contributed by atoms with Gasteiger partial charge in [0.05, 0.1) is 6.61 Å².